The van der Waals surface area contributed by atoms with Crippen LogP contribution in [0.3, 0.4) is 0 Å². The number of phenolic OH excluding ortho intramolecular Hbond substituents is 1. The molecule has 0 aromatic heterocycles. The van der Waals surface area contributed by atoms with Crippen molar-refractivity contribution >= 4 is 17.9 Å². The second-order valence-electron chi connectivity index (χ2n) is 18.0. The molecule has 1 aromatic rings. The van der Waals surface area contributed by atoms with Gasteiger partial charge in [0.25, 0.3) is 0 Å². The van der Waals surface area contributed by atoms with Crippen molar-refractivity contribution in [3.8, 4) is 5.75 Å². The number of hydrogen-bond acceptors (Lipinski definition) is 7. The molecule has 0 aliphatic heterocycles. The molecule has 290 valence electrons. The zero-order chi connectivity index (χ0) is 38.2. The molecule has 0 amide bonds. The second kappa shape index (κ2) is 18.0. The van der Waals surface area contributed by atoms with Gasteiger partial charge < -0.3 is 19.3 Å². The third kappa shape index (κ3) is 10.5. The molecule has 5 aliphatic carbocycles. The molecule has 1 N–H and O–H groups in total. The number of ether oxygens (including phenoxy) is 3. The van der Waals surface area contributed by atoms with E-state index in [1.54, 1.807) is 12.1 Å². The van der Waals surface area contributed by atoms with Gasteiger partial charge in [0.15, 0.2) is 0 Å². The number of hydrogen-bond donors (Lipinski definition) is 1. The van der Waals surface area contributed by atoms with Gasteiger partial charge in [-0.25, -0.2) is 0 Å². The van der Waals surface area contributed by atoms with Crippen molar-refractivity contribution in [1.82, 2.24) is 0 Å². The normalized spacial score (nSPS) is 26.9. The zero-order valence-corrected chi connectivity index (χ0v) is 34.1. The van der Waals surface area contributed by atoms with E-state index in [4.69, 9.17) is 19.3 Å². The average Bonchev–Trinajstić information content (AvgIpc) is 3.10. The number of carbonyl (C=O) groups excluding carboxylic acids is 3. The Morgan fingerprint density at radius 1 is 0.765 bits per heavy atom. The number of carbonyl (C=O) groups is 3. The van der Waals surface area contributed by atoms with E-state index in [-0.39, 0.29) is 35.3 Å². The van der Waals surface area contributed by atoms with Crippen LogP contribution in [0.25, 0.3) is 0 Å². The summed E-state index contributed by atoms with van der Waals surface area (Å²) >= 11 is 0. The van der Waals surface area contributed by atoms with Crippen LogP contribution >= 0.6 is 0 Å². The standard InChI is InChI=1S/C19H32O2.C15H26O4.C10H14O/c1-6-18(4,5)17(20)21-19(12(2)3)15-8-13-7-14(10-15)11-16(19)9-13;1-5-14(2,3)13(17)19-15(11-12(16)18-4)9-7-6-8-10-15;1-3-8(2)9-4-6-10(11)7-5-9/h12-16H,6-11H2,1-5H3;5-11H2,1-4H3;4-8,11H,3H2,1-2H3. The number of benzene rings is 1. The lowest BCUT2D eigenvalue weighted by Gasteiger charge is -2.62. The number of esters is 3. The Kier molecular flexibility index (Phi) is 15.1. The van der Waals surface area contributed by atoms with Crippen molar-refractivity contribution in [1.29, 1.82) is 0 Å². The molecule has 6 rings (SSSR count). The van der Waals surface area contributed by atoms with Crippen LogP contribution in [-0.4, -0.2) is 41.3 Å². The van der Waals surface area contributed by atoms with Crippen LogP contribution in [0.5, 0.6) is 5.75 Å². The maximum Gasteiger partial charge on any atom is 0.312 e. The molecule has 1 aromatic carbocycles. The van der Waals surface area contributed by atoms with Gasteiger partial charge in [0.2, 0.25) is 0 Å². The molecule has 0 radical (unpaired) electrons. The molecule has 5 saturated carbocycles. The SMILES string of the molecule is CCC(C)(C)C(=O)OC1(C(C)C)C2CC3CC(C2)CC1C3.CCC(C)(C)C(=O)OC1(CC(=O)OC)CCCCC1.CCC(C)c1ccc(O)cc1. The molecule has 7 nitrogen and oxygen atoms in total. The van der Waals surface area contributed by atoms with Crippen LogP contribution in [0.1, 0.15) is 171 Å². The molecule has 0 heterocycles. The van der Waals surface area contributed by atoms with Crippen molar-refractivity contribution in [3.63, 3.8) is 0 Å². The second-order valence-corrected chi connectivity index (χ2v) is 18.0. The van der Waals surface area contributed by atoms with Gasteiger partial charge >= 0.3 is 17.9 Å². The van der Waals surface area contributed by atoms with E-state index in [1.807, 2.05) is 46.8 Å². The Morgan fingerprint density at radius 3 is 1.65 bits per heavy atom. The first-order valence-electron chi connectivity index (χ1n) is 20.2. The number of rotatable bonds is 11. The Morgan fingerprint density at radius 2 is 1.24 bits per heavy atom. The Hall–Kier alpha value is -2.57. The number of phenols is 1. The van der Waals surface area contributed by atoms with Crippen molar-refractivity contribution < 1.29 is 33.7 Å². The molecule has 1 unspecified atom stereocenters. The molecule has 4 bridgehead atoms. The monoisotopic (exact) mass is 713 g/mol. The molecule has 0 saturated heterocycles. The highest BCUT2D eigenvalue weighted by molar-refractivity contribution is 5.78. The first-order chi connectivity index (χ1) is 23.9. The highest BCUT2D eigenvalue weighted by Crippen LogP contribution is 2.62. The molecular weight excluding hydrogens is 640 g/mol. The van der Waals surface area contributed by atoms with Crippen molar-refractivity contribution in [2.24, 2.45) is 40.4 Å². The quantitative estimate of drug-likeness (QED) is 0.180. The van der Waals surface area contributed by atoms with Gasteiger partial charge in [-0.3, -0.25) is 14.4 Å². The minimum absolute atomic E-state index is 0.0335. The van der Waals surface area contributed by atoms with Gasteiger partial charge in [-0.1, -0.05) is 60.1 Å². The average molecular weight is 713 g/mol. The van der Waals surface area contributed by atoms with Crippen LogP contribution < -0.4 is 0 Å². The molecular formula is C44H72O7. The van der Waals surface area contributed by atoms with E-state index in [1.165, 1.54) is 44.8 Å². The van der Waals surface area contributed by atoms with Gasteiger partial charge in [0.1, 0.15) is 17.0 Å². The third-order valence-corrected chi connectivity index (χ3v) is 13.3. The van der Waals surface area contributed by atoms with E-state index < -0.39 is 11.0 Å². The van der Waals surface area contributed by atoms with Gasteiger partial charge in [-0.2, -0.15) is 0 Å². The predicted octanol–water partition coefficient (Wildman–Crippen LogP) is 11.0. The van der Waals surface area contributed by atoms with Crippen LogP contribution in [0.4, 0.5) is 0 Å². The van der Waals surface area contributed by atoms with Crippen LogP contribution in [-0.2, 0) is 28.6 Å². The predicted molar refractivity (Wildman–Crippen MR) is 204 cm³/mol. The zero-order valence-electron chi connectivity index (χ0n) is 34.1. The van der Waals surface area contributed by atoms with Crippen molar-refractivity contribution in [2.45, 2.75) is 176 Å². The van der Waals surface area contributed by atoms with Crippen molar-refractivity contribution in [3.05, 3.63) is 29.8 Å². The number of aromatic hydroxyl groups is 1. The van der Waals surface area contributed by atoms with E-state index in [9.17, 15) is 14.4 Å². The molecule has 5 fully saturated rings. The lowest BCUT2D eigenvalue weighted by molar-refractivity contribution is -0.231. The largest absolute Gasteiger partial charge is 0.508 e. The van der Waals surface area contributed by atoms with Gasteiger partial charge in [0.05, 0.1) is 24.4 Å². The molecule has 0 spiro atoms. The molecule has 5 aliphatic rings. The lowest BCUT2D eigenvalue weighted by atomic mass is 9.47. The first-order valence-corrected chi connectivity index (χ1v) is 20.2. The Balaban J connectivity index is 0.000000217. The summed E-state index contributed by atoms with van der Waals surface area (Å²) in [7, 11) is 1.37. The van der Waals surface area contributed by atoms with E-state index in [2.05, 4.69) is 34.6 Å². The Labute approximate surface area is 310 Å². The summed E-state index contributed by atoms with van der Waals surface area (Å²) in [5, 5.41) is 9.01. The molecule has 7 heteroatoms. The summed E-state index contributed by atoms with van der Waals surface area (Å²) in [4.78, 5) is 36.6. The fourth-order valence-electron chi connectivity index (χ4n) is 8.96. The van der Waals surface area contributed by atoms with Gasteiger partial charge in [-0.05, 0) is 158 Å². The first kappa shape index (κ1) is 42.8. The fourth-order valence-corrected chi connectivity index (χ4v) is 8.96. The molecule has 1 atom stereocenters. The minimum atomic E-state index is -0.644. The van der Waals surface area contributed by atoms with Crippen molar-refractivity contribution in [2.75, 3.05) is 7.11 Å². The summed E-state index contributed by atoms with van der Waals surface area (Å²) in [5.41, 5.74) is -0.367. The maximum absolute atomic E-state index is 12.8. The summed E-state index contributed by atoms with van der Waals surface area (Å²) in [6.07, 6.45) is 14.2. The topological polar surface area (TPSA) is 99.1 Å². The van der Waals surface area contributed by atoms with Crippen LogP contribution in [0.15, 0.2) is 24.3 Å². The maximum atomic E-state index is 12.8. The summed E-state index contributed by atoms with van der Waals surface area (Å²) in [6, 6.07) is 7.43. The summed E-state index contributed by atoms with van der Waals surface area (Å²) < 4.78 is 16.9. The molecule has 51 heavy (non-hydrogen) atoms. The van der Waals surface area contributed by atoms with E-state index in [0.717, 1.165) is 63.2 Å². The van der Waals surface area contributed by atoms with Crippen LogP contribution in [0, 0.1) is 40.4 Å². The van der Waals surface area contributed by atoms with Gasteiger partial charge in [0, 0.05) is 0 Å². The van der Waals surface area contributed by atoms with E-state index in [0.29, 0.717) is 29.4 Å². The van der Waals surface area contributed by atoms with Crippen LogP contribution in [0.2, 0.25) is 0 Å². The van der Waals surface area contributed by atoms with E-state index >= 15 is 0 Å². The summed E-state index contributed by atoms with van der Waals surface area (Å²) in [6.45, 7) is 20.8. The van der Waals surface area contributed by atoms with Gasteiger partial charge in [-0.15, -0.1) is 0 Å². The summed E-state index contributed by atoms with van der Waals surface area (Å²) in [5.74, 6) is 3.96. The fraction of sp³-hybridized carbons (Fsp3) is 0.795. The smallest absolute Gasteiger partial charge is 0.312 e. The minimum Gasteiger partial charge on any atom is -0.508 e. The Bertz CT molecular complexity index is 1240. The lowest BCUT2D eigenvalue weighted by Crippen LogP contribution is -2.63. The third-order valence-electron chi connectivity index (χ3n) is 13.3. The highest BCUT2D eigenvalue weighted by Gasteiger charge is 2.61. The highest BCUT2D eigenvalue weighted by atomic mass is 16.6. The number of methoxy groups -OCH3 is 1.